The Kier molecular flexibility index (Phi) is 3.48. The Morgan fingerprint density at radius 1 is 1.25 bits per heavy atom. The van der Waals surface area contributed by atoms with Gasteiger partial charge in [0.2, 0.25) is 0 Å². The maximum absolute atomic E-state index is 5.73. The predicted octanol–water partition coefficient (Wildman–Crippen LogP) is 1.94. The minimum absolute atomic E-state index is 0.101. The highest BCUT2D eigenvalue weighted by molar-refractivity contribution is 7.80. The number of thiocarbonyl (C=S) groups is 1. The second kappa shape index (κ2) is 4.33. The van der Waals surface area contributed by atoms with E-state index in [9.17, 15) is 0 Å². The molecule has 0 bridgehead atoms. The molecule has 16 heavy (non-hydrogen) atoms. The maximum Gasteiger partial charge on any atom is 0.159 e. The average molecular weight is 238 g/mol. The number of aryl methyl sites for hydroxylation is 1. The molecule has 0 saturated carbocycles. The Morgan fingerprint density at radius 3 is 2.25 bits per heavy atom. The van der Waals surface area contributed by atoms with Gasteiger partial charge in [0.1, 0.15) is 4.99 Å². The molecule has 0 spiro atoms. The summed E-state index contributed by atoms with van der Waals surface area (Å²) in [6, 6.07) is 0. The summed E-state index contributed by atoms with van der Waals surface area (Å²) in [4.78, 5) is 0.349. The lowest BCUT2D eigenvalue weighted by atomic mass is 10.1. The molecular weight excluding hydrogens is 220 g/mol. The zero-order chi connectivity index (χ0) is 12.5. The van der Waals surface area contributed by atoms with E-state index in [4.69, 9.17) is 18.0 Å². The third kappa shape index (κ3) is 2.88. The molecule has 0 aliphatic heterocycles. The fraction of sp³-hybridized carbons (Fsp3) is 0.545. The molecule has 5 heteroatoms. The minimum Gasteiger partial charge on any atom is -0.389 e. The van der Waals surface area contributed by atoms with Crippen molar-refractivity contribution in [1.82, 2.24) is 10.2 Å². The highest BCUT2D eigenvalue weighted by Gasteiger charge is 2.18. The second-order valence-electron chi connectivity index (χ2n) is 4.87. The van der Waals surface area contributed by atoms with Gasteiger partial charge in [-0.05, 0) is 40.2 Å². The highest BCUT2D eigenvalue weighted by atomic mass is 32.1. The number of rotatable bonds is 2. The Morgan fingerprint density at radius 2 is 1.81 bits per heavy atom. The minimum atomic E-state index is -0.101. The molecule has 0 aliphatic rings. The van der Waals surface area contributed by atoms with Crippen molar-refractivity contribution in [3.8, 4) is 0 Å². The molecule has 88 valence electrons. The molecule has 0 aliphatic carbocycles. The van der Waals surface area contributed by atoms with E-state index >= 15 is 0 Å². The molecule has 0 amide bonds. The van der Waals surface area contributed by atoms with Crippen LogP contribution >= 0.6 is 12.2 Å². The van der Waals surface area contributed by atoms with Crippen LogP contribution in [-0.2, 0) is 0 Å². The van der Waals surface area contributed by atoms with E-state index in [2.05, 4.69) is 15.5 Å². The molecule has 0 atom stereocenters. The Hall–Kier alpha value is -1.23. The lowest BCUT2D eigenvalue weighted by Crippen LogP contribution is -2.29. The fourth-order valence-electron chi connectivity index (χ4n) is 1.35. The van der Waals surface area contributed by atoms with Gasteiger partial charge >= 0.3 is 0 Å². The lowest BCUT2D eigenvalue weighted by Gasteiger charge is -2.23. The van der Waals surface area contributed by atoms with Gasteiger partial charge in [-0.15, -0.1) is 5.10 Å². The summed E-state index contributed by atoms with van der Waals surface area (Å²) in [5, 5.41) is 11.5. The van der Waals surface area contributed by atoms with Crippen molar-refractivity contribution in [2.75, 3.05) is 5.32 Å². The van der Waals surface area contributed by atoms with Crippen molar-refractivity contribution in [2.24, 2.45) is 5.73 Å². The number of aromatic nitrogens is 2. The van der Waals surface area contributed by atoms with Crippen molar-refractivity contribution >= 4 is 23.0 Å². The van der Waals surface area contributed by atoms with Crippen molar-refractivity contribution < 1.29 is 0 Å². The number of nitrogens with two attached hydrogens (primary N) is 1. The number of nitrogens with zero attached hydrogens (tertiary/aromatic N) is 2. The van der Waals surface area contributed by atoms with Gasteiger partial charge in [0.15, 0.2) is 5.82 Å². The van der Waals surface area contributed by atoms with Gasteiger partial charge in [0.25, 0.3) is 0 Å². The standard InChI is InChI=1S/C11H18N4S/c1-6-7(2)14-15-10(8(6)9(12)16)13-11(3,4)5/h1-5H3,(H2,12,16)(H,13,15). The molecule has 0 saturated heterocycles. The van der Waals surface area contributed by atoms with Gasteiger partial charge in [-0.1, -0.05) is 12.2 Å². The zero-order valence-electron chi connectivity index (χ0n) is 10.4. The van der Waals surface area contributed by atoms with Gasteiger partial charge in [0, 0.05) is 5.54 Å². The third-order valence-electron chi connectivity index (χ3n) is 2.19. The van der Waals surface area contributed by atoms with Gasteiger partial charge in [0.05, 0.1) is 11.3 Å². The lowest BCUT2D eigenvalue weighted by molar-refractivity contribution is 0.627. The molecule has 1 aromatic rings. The largest absolute Gasteiger partial charge is 0.389 e. The van der Waals surface area contributed by atoms with E-state index in [1.165, 1.54) is 0 Å². The first kappa shape index (κ1) is 12.8. The van der Waals surface area contributed by atoms with Crippen LogP contribution in [0.3, 0.4) is 0 Å². The van der Waals surface area contributed by atoms with E-state index in [0.717, 1.165) is 16.8 Å². The molecule has 4 nitrogen and oxygen atoms in total. The van der Waals surface area contributed by atoms with Crippen molar-refractivity contribution in [2.45, 2.75) is 40.2 Å². The molecule has 1 aromatic heterocycles. The topological polar surface area (TPSA) is 63.8 Å². The average Bonchev–Trinajstić information content (AvgIpc) is 2.08. The monoisotopic (exact) mass is 238 g/mol. The predicted molar refractivity (Wildman–Crippen MR) is 70.8 cm³/mol. The van der Waals surface area contributed by atoms with Gasteiger partial charge < -0.3 is 11.1 Å². The van der Waals surface area contributed by atoms with E-state index in [0.29, 0.717) is 10.8 Å². The Labute approximate surface area is 102 Å². The van der Waals surface area contributed by atoms with Crippen LogP contribution in [0.4, 0.5) is 5.82 Å². The summed E-state index contributed by atoms with van der Waals surface area (Å²) < 4.78 is 0. The maximum atomic E-state index is 5.73. The van der Waals surface area contributed by atoms with Crippen molar-refractivity contribution in [3.63, 3.8) is 0 Å². The molecule has 0 unspecified atom stereocenters. The quantitative estimate of drug-likeness (QED) is 0.771. The summed E-state index contributed by atoms with van der Waals surface area (Å²) in [6.45, 7) is 9.99. The summed E-state index contributed by atoms with van der Waals surface area (Å²) in [6.07, 6.45) is 0. The van der Waals surface area contributed by atoms with Crippen LogP contribution in [0, 0.1) is 13.8 Å². The highest BCUT2D eigenvalue weighted by Crippen LogP contribution is 2.21. The Bertz CT molecular complexity index is 421. The molecule has 0 fully saturated rings. The molecule has 1 rings (SSSR count). The normalized spacial score (nSPS) is 11.3. The molecular formula is C11H18N4S. The summed E-state index contributed by atoms with van der Waals surface area (Å²) >= 11 is 5.06. The van der Waals surface area contributed by atoms with E-state index in [1.807, 2.05) is 34.6 Å². The number of anilines is 1. The third-order valence-corrected chi connectivity index (χ3v) is 2.40. The van der Waals surface area contributed by atoms with Crippen LogP contribution in [0.2, 0.25) is 0 Å². The van der Waals surface area contributed by atoms with Crippen LogP contribution in [0.15, 0.2) is 0 Å². The first-order valence-electron chi connectivity index (χ1n) is 5.14. The fourth-order valence-corrected chi connectivity index (χ4v) is 1.60. The summed E-state index contributed by atoms with van der Waals surface area (Å²) in [7, 11) is 0. The molecule has 3 N–H and O–H groups in total. The SMILES string of the molecule is Cc1nnc(NC(C)(C)C)c(C(N)=S)c1C. The number of hydrogen-bond donors (Lipinski definition) is 2. The van der Waals surface area contributed by atoms with Gasteiger partial charge in [-0.3, -0.25) is 0 Å². The van der Waals surface area contributed by atoms with E-state index < -0.39 is 0 Å². The molecule has 0 radical (unpaired) electrons. The summed E-state index contributed by atoms with van der Waals surface area (Å²) in [5.74, 6) is 0.656. The summed E-state index contributed by atoms with van der Waals surface area (Å²) in [5.41, 5.74) is 8.24. The Balaban J connectivity index is 3.29. The first-order valence-corrected chi connectivity index (χ1v) is 5.55. The molecule has 1 heterocycles. The van der Waals surface area contributed by atoms with Crippen LogP contribution < -0.4 is 11.1 Å². The van der Waals surface area contributed by atoms with Crippen molar-refractivity contribution in [1.29, 1.82) is 0 Å². The smallest absolute Gasteiger partial charge is 0.159 e. The van der Waals surface area contributed by atoms with Crippen molar-refractivity contribution in [3.05, 3.63) is 16.8 Å². The van der Waals surface area contributed by atoms with Gasteiger partial charge in [-0.25, -0.2) is 0 Å². The van der Waals surface area contributed by atoms with Crippen LogP contribution in [-0.4, -0.2) is 20.7 Å². The van der Waals surface area contributed by atoms with E-state index in [-0.39, 0.29) is 5.54 Å². The first-order chi connectivity index (χ1) is 7.22. The van der Waals surface area contributed by atoms with E-state index in [1.54, 1.807) is 0 Å². The second-order valence-corrected chi connectivity index (χ2v) is 5.31. The molecule has 0 aromatic carbocycles. The van der Waals surface area contributed by atoms with Crippen LogP contribution in [0.1, 0.15) is 37.6 Å². The zero-order valence-corrected chi connectivity index (χ0v) is 11.2. The van der Waals surface area contributed by atoms with Crippen LogP contribution in [0.5, 0.6) is 0 Å². The number of nitrogens with one attached hydrogen (secondary N) is 1. The van der Waals surface area contributed by atoms with Gasteiger partial charge in [-0.2, -0.15) is 5.10 Å². The van der Waals surface area contributed by atoms with Crippen LogP contribution in [0.25, 0.3) is 0 Å². The number of hydrogen-bond acceptors (Lipinski definition) is 4.